The number of carbonyl (C=O) groups excluding carboxylic acids is 2. The highest BCUT2D eigenvalue weighted by Crippen LogP contribution is 2.20. The number of furan rings is 1. The highest BCUT2D eigenvalue weighted by Gasteiger charge is 2.11. The second-order valence-electron chi connectivity index (χ2n) is 2.63. The Labute approximate surface area is 74.0 Å². The standard InChI is InChI=1S/C10H6O3/c11-5-9(12)8-6-13-10-4-2-1-3-7(8)10/h1-6H. The van der Waals surface area contributed by atoms with Crippen LogP contribution in [0.15, 0.2) is 34.9 Å². The van der Waals surface area contributed by atoms with Crippen LogP contribution in [0.5, 0.6) is 0 Å². The quantitative estimate of drug-likeness (QED) is 0.396. The average molecular weight is 174 g/mol. The third-order valence-corrected chi connectivity index (χ3v) is 1.85. The number of fused-ring (bicyclic) bond motifs is 1. The number of ketones is 1. The molecule has 13 heavy (non-hydrogen) atoms. The van der Waals surface area contributed by atoms with Crippen LogP contribution >= 0.6 is 0 Å². The highest BCUT2D eigenvalue weighted by atomic mass is 16.3. The molecule has 0 unspecified atom stereocenters. The van der Waals surface area contributed by atoms with Crippen molar-refractivity contribution in [3.63, 3.8) is 0 Å². The Morgan fingerprint density at radius 2 is 2.08 bits per heavy atom. The fourth-order valence-electron chi connectivity index (χ4n) is 1.23. The average Bonchev–Trinajstić information content (AvgIpc) is 2.60. The van der Waals surface area contributed by atoms with E-state index in [0.29, 0.717) is 16.5 Å². The summed E-state index contributed by atoms with van der Waals surface area (Å²) in [5.74, 6) is -0.551. The van der Waals surface area contributed by atoms with E-state index >= 15 is 0 Å². The van der Waals surface area contributed by atoms with Crippen molar-refractivity contribution < 1.29 is 14.0 Å². The summed E-state index contributed by atoms with van der Waals surface area (Å²) in [6, 6.07) is 7.09. The van der Waals surface area contributed by atoms with Gasteiger partial charge in [0.2, 0.25) is 5.78 Å². The normalized spacial score (nSPS) is 10.2. The predicted molar refractivity (Wildman–Crippen MR) is 46.6 cm³/mol. The van der Waals surface area contributed by atoms with E-state index in [-0.39, 0.29) is 6.29 Å². The van der Waals surface area contributed by atoms with Gasteiger partial charge in [0.25, 0.3) is 0 Å². The first-order chi connectivity index (χ1) is 6.33. The monoisotopic (exact) mass is 174 g/mol. The van der Waals surface area contributed by atoms with Crippen molar-refractivity contribution in [2.24, 2.45) is 0 Å². The molecule has 0 aliphatic heterocycles. The van der Waals surface area contributed by atoms with Crippen LogP contribution in [0.4, 0.5) is 0 Å². The van der Waals surface area contributed by atoms with E-state index in [1.54, 1.807) is 24.3 Å². The van der Waals surface area contributed by atoms with Crippen molar-refractivity contribution in [3.05, 3.63) is 36.1 Å². The Hall–Kier alpha value is -1.90. The molecule has 0 aliphatic rings. The SMILES string of the molecule is O=CC(=O)c1coc2ccccc12. The molecular weight excluding hydrogens is 168 g/mol. The molecule has 2 aromatic rings. The Morgan fingerprint density at radius 1 is 1.31 bits per heavy atom. The van der Waals surface area contributed by atoms with Gasteiger partial charge in [-0.2, -0.15) is 0 Å². The summed E-state index contributed by atoms with van der Waals surface area (Å²) in [6.07, 6.45) is 1.60. The van der Waals surface area contributed by atoms with E-state index in [1.165, 1.54) is 6.26 Å². The fourth-order valence-corrected chi connectivity index (χ4v) is 1.23. The van der Waals surface area contributed by atoms with Crippen molar-refractivity contribution in [1.29, 1.82) is 0 Å². The van der Waals surface area contributed by atoms with E-state index in [9.17, 15) is 9.59 Å². The van der Waals surface area contributed by atoms with Crippen molar-refractivity contribution in [2.75, 3.05) is 0 Å². The summed E-state index contributed by atoms with van der Waals surface area (Å²) in [5.41, 5.74) is 0.943. The summed E-state index contributed by atoms with van der Waals surface area (Å²) < 4.78 is 5.09. The molecule has 0 saturated heterocycles. The van der Waals surface area contributed by atoms with Crippen LogP contribution in [-0.4, -0.2) is 12.1 Å². The molecule has 0 fully saturated rings. The number of hydrogen-bond acceptors (Lipinski definition) is 3. The third kappa shape index (κ3) is 1.14. The number of aldehydes is 1. The number of para-hydroxylation sites is 1. The summed E-state index contributed by atoms with van der Waals surface area (Å²) in [4.78, 5) is 21.3. The molecule has 3 heteroatoms. The molecule has 3 nitrogen and oxygen atoms in total. The maximum atomic E-state index is 11.1. The first-order valence-corrected chi connectivity index (χ1v) is 3.78. The summed E-state index contributed by atoms with van der Waals surface area (Å²) in [7, 11) is 0. The maximum Gasteiger partial charge on any atom is 0.229 e. The van der Waals surface area contributed by atoms with Crippen LogP contribution in [0, 0.1) is 0 Å². The van der Waals surface area contributed by atoms with E-state index in [0.717, 1.165) is 0 Å². The molecule has 1 heterocycles. The molecule has 0 saturated carbocycles. The summed E-state index contributed by atoms with van der Waals surface area (Å²) in [6.45, 7) is 0. The Balaban J connectivity index is 2.71. The van der Waals surface area contributed by atoms with Crippen LogP contribution in [-0.2, 0) is 4.79 Å². The van der Waals surface area contributed by atoms with Gasteiger partial charge in [-0.1, -0.05) is 18.2 Å². The minimum absolute atomic E-state index is 0.289. The van der Waals surface area contributed by atoms with Gasteiger partial charge in [0.05, 0.1) is 5.56 Å². The topological polar surface area (TPSA) is 47.3 Å². The Morgan fingerprint density at radius 3 is 2.85 bits per heavy atom. The lowest BCUT2D eigenvalue weighted by atomic mass is 10.1. The molecule has 0 N–H and O–H groups in total. The smallest absolute Gasteiger partial charge is 0.229 e. The molecular formula is C10H6O3. The molecule has 64 valence electrons. The van der Waals surface area contributed by atoms with Crippen LogP contribution in [0.3, 0.4) is 0 Å². The lowest BCUT2D eigenvalue weighted by molar-refractivity contribution is -0.104. The van der Waals surface area contributed by atoms with Gasteiger partial charge in [-0.05, 0) is 6.07 Å². The lowest BCUT2D eigenvalue weighted by Gasteiger charge is -1.87. The van der Waals surface area contributed by atoms with Gasteiger partial charge in [0.15, 0.2) is 6.29 Å². The fraction of sp³-hybridized carbons (Fsp3) is 0. The van der Waals surface area contributed by atoms with Crippen LogP contribution in [0.25, 0.3) is 11.0 Å². The zero-order valence-electron chi connectivity index (χ0n) is 6.69. The van der Waals surface area contributed by atoms with E-state index in [2.05, 4.69) is 0 Å². The van der Waals surface area contributed by atoms with Gasteiger partial charge in [-0.3, -0.25) is 9.59 Å². The zero-order valence-corrected chi connectivity index (χ0v) is 6.69. The van der Waals surface area contributed by atoms with Gasteiger partial charge in [0, 0.05) is 5.39 Å². The summed E-state index contributed by atoms with van der Waals surface area (Å²) >= 11 is 0. The lowest BCUT2D eigenvalue weighted by Crippen LogP contribution is -1.97. The second-order valence-corrected chi connectivity index (χ2v) is 2.63. The van der Waals surface area contributed by atoms with Crippen LogP contribution in [0.2, 0.25) is 0 Å². The van der Waals surface area contributed by atoms with E-state index in [1.807, 2.05) is 0 Å². The van der Waals surface area contributed by atoms with E-state index < -0.39 is 5.78 Å². The van der Waals surface area contributed by atoms with Gasteiger partial charge < -0.3 is 4.42 Å². The van der Waals surface area contributed by atoms with Crippen molar-refractivity contribution in [2.45, 2.75) is 0 Å². The van der Waals surface area contributed by atoms with Crippen LogP contribution < -0.4 is 0 Å². The number of benzene rings is 1. The highest BCUT2D eigenvalue weighted by molar-refractivity contribution is 6.36. The molecule has 0 atom stereocenters. The minimum atomic E-state index is -0.551. The molecule has 2 rings (SSSR count). The molecule has 0 bridgehead atoms. The molecule has 0 amide bonds. The Kier molecular flexibility index (Phi) is 1.70. The maximum absolute atomic E-state index is 11.1. The molecule has 0 radical (unpaired) electrons. The van der Waals surface area contributed by atoms with Crippen LogP contribution in [0.1, 0.15) is 10.4 Å². The van der Waals surface area contributed by atoms with E-state index in [4.69, 9.17) is 4.42 Å². The molecule has 0 aliphatic carbocycles. The third-order valence-electron chi connectivity index (χ3n) is 1.85. The van der Waals surface area contributed by atoms with Gasteiger partial charge in [-0.25, -0.2) is 0 Å². The zero-order chi connectivity index (χ0) is 9.26. The van der Waals surface area contributed by atoms with Crippen molar-refractivity contribution in [3.8, 4) is 0 Å². The molecule has 1 aromatic carbocycles. The molecule has 1 aromatic heterocycles. The molecule has 0 spiro atoms. The first-order valence-electron chi connectivity index (χ1n) is 3.78. The number of rotatable bonds is 2. The Bertz CT molecular complexity index is 468. The van der Waals surface area contributed by atoms with Crippen molar-refractivity contribution in [1.82, 2.24) is 0 Å². The largest absolute Gasteiger partial charge is 0.464 e. The number of Topliss-reactive ketones (excluding diaryl/α,β-unsaturated/α-hetero) is 1. The second kappa shape index (κ2) is 2.86. The predicted octanol–water partition coefficient (Wildman–Crippen LogP) is 1.81. The first kappa shape index (κ1) is 7.73. The summed E-state index contributed by atoms with van der Waals surface area (Å²) in [5, 5.41) is 0.680. The number of hydrogen-bond donors (Lipinski definition) is 0. The number of carbonyl (C=O) groups is 2. The van der Waals surface area contributed by atoms with Gasteiger partial charge in [-0.15, -0.1) is 0 Å². The van der Waals surface area contributed by atoms with Gasteiger partial charge in [0.1, 0.15) is 11.8 Å². The van der Waals surface area contributed by atoms with Crippen molar-refractivity contribution >= 4 is 23.0 Å². The minimum Gasteiger partial charge on any atom is -0.464 e. The van der Waals surface area contributed by atoms with Gasteiger partial charge >= 0.3 is 0 Å².